The molecule has 2 aliphatic heterocycles. The van der Waals surface area contributed by atoms with Gasteiger partial charge in [0.05, 0.1) is 0 Å². The molecule has 1 aromatic carbocycles. The number of hydrazone groups is 1. The molecule has 1 amide bonds. The lowest BCUT2D eigenvalue weighted by Gasteiger charge is -2.40. The van der Waals surface area contributed by atoms with Crippen molar-refractivity contribution in [2.75, 3.05) is 11.4 Å². The second kappa shape index (κ2) is 11.3. The number of nitrogens with one attached hydrogen (secondary N) is 2. The van der Waals surface area contributed by atoms with Gasteiger partial charge in [-0.3, -0.25) is 4.79 Å². The number of rotatable bonds is 10. The topological polar surface area (TPSA) is 149 Å². The Hall–Kier alpha value is -4.41. The number of hydrogen-bond donors (Lipinski definition) is 2. The van der Waals surface area contributed by atoms with Crippen LogP contribution in [0.1, 0.15) is 55.4 Å². The van der Waals surface area contributed by atoms with Crippen molar-refractivity contribution in [1.82, 2.24) is 35.2 Å². The number of aromatic amines is 2. The standard InChI is InChI=1S/C26H25BrF3N9O4/c1-2-3-6-12-37-21-19(33-24(27)34-21)22(40)38-17(35-39(25(37)38)43-23(41)26(28,29)30)10-7-11-18-32-20(36-42-18)15-13-31-16-9-5-4-8-14(15)16/h4-5,8-9,13,25,31H,2-3,6-7,10-12H2,1H3,(H,33,34). The minimum atomic E-state index is -5.27. The SMILES string of the molecule is CCCCCN1c2nc(Br)[nH]c2C(=O)N2C(CCCc3nc(-c4c[nH]c5ccccc45)no3)=NN(OC(=O)C(F)(F)F)C21. The second-order valence-corrected chi connectivity index (χ2v) is 10.7. The van der Waals surface area contributed by atoms with Gasteiger partial charge >= 0.3 is 12.1 Å². The molecule has 17 heteroatoms. The number of anilines is 1. The molecule has 5 heterocycles. The van der Waals surface area contributed by atoms with Gasteiger partial charge in [-0.15, -0.1) is 5.10 Å². The van der Waals surface area contributed by atoms with Gasteiger partial charge in [0.2, 0.25) is 18.0 Å². The average Bonchev–Trinajstić information content (AvgIpc) is 3.75. The highest BCUT2D eigenvalue weighted by Crippen LogP contribution is 2.37. The number of unbranched alkanes of at least 4 members (excludes halogenated alkanes) is 2. The molecule has 0 radical (unpaired) electrons. The summed E-state index contributed by atoms with van der Waals surface area (Å²) >= 11 is 3.24. The molecule has 2 aliphatic rings. The van der Waals surface area contributed by atoms with E-state index >= 15 is 0 Å². The van der Waals surface area contributed by atoms with E-state index in [1.165, 1.54) is 4.90 Å². The number of fused-ring (bicyclic) bond motifs is 3. The zero-order chi connectivity index (χ0) is 30.3. The monoisotopic (exact) mass is 663 g/mol. The van der Waals surface area contributed by atoms with Gasteiger partial charge < -0.3 is 24.2 Å². The molecule has 0 fully saturated rings. The van der Waals surface area contributed by atoms with E-state index in [0.717, 1.165) is 29.3 Å². The summed E-state index contributed by atoms with van der Waals surface area (Å²) in [5.74, 6) is -1.96. The molecular weight excluding hydrogens is 639 g/mol. The molecule has 1 atom stereocenters. The first-order valence-corrected chi connectivity index (χ1v) is 14.4. The molecule has 0 saturated carbocycles. The molecule has 43 heavy (non-hydrogen) atoms. The maximum atomic E-state index is 13.6. The van der Waals surface area contributed by atoms with E-state index in [9.17, 15) is 22.8 Å². The number of amidine groups is 1. The molecule has 1 unspecified atom stereocenters. The van der Waals surface area contributed by atoms with Crippen molar-refractivity contribution in [1.29, 1.82) is 0 Å². The molecule has 0 aliphatic carbocycles. The number of hydroxylamine groups is 1. The Bertz CT molecular complexity index is 1700. The zero-order valence-electron chi connectivity index (χ0n) is 22.7. The first kappa shape index (κ1) is 28.7. The second-order valence-electron chi connectivity index (χ2n) is 9.96. The summed E-state index contributed by atoms with van der Waals surface area (Å²) in [5.41, 5.74) is 1.84. The predicted molar refractivity (Wildman–Crippen MR) is 149 cm³/mol. The van der Waals surface area contributed by atoms with Crippen LogP contribution in [-0.4, -0.2) is 71.9 Å². The number of nitrogens with zero attached hydrogens (tertiary/aromatic N) is 7. The van der Waals surface area contributed by atoms with Crippen molar-refractivity contribution in [3.63, 3.8) is 0 Å². The van der Waals surface area contributed by atoms with E-state index in [1.54, 1.807) is 11.1 Å². The number of aryl methyl sites for hydroxylation is 1. The van der Waals surface area contributed by atoms with Crippen LogP contribution in [0, 0.1) is 0 Å². The Balaban J connectivity index is 1.23. The summed E-state index contributed by atoms with van der Waals surface area (Å²) in [4.78, 5) is 47.8. The average molecular weight is 664 g/mol. The van der Waals surface area contributed by atoms with E-state index in [1.807, 2.05) is 31.2 Å². The molecular formula is C26H25BrF3N9O4. The van der Waals surface area contributed by atoms with Crippen LogP contribution in [0.25, 0.3) is 22.3 Å². The Morgan fingerprint density at radius 2 is 1.98 bits per heavy atom. The Kier molecular flexibility index (Phi) is 7.57. The molecule has 3 aromatic heterocycles. The molecule has 226 valence electrons. The van der Waals surface area contributed by atoms with Crippen LogP contribution in [-0.2, 0) is 16.1 Å². The lowest BCUT2D eigenvalue weighted by atomic mass is 10.1. The molecule has 0 saturated heterocycles. The Morgan fingerprint density at radius 1 is 1.16 bits per heavy atom. The Morgan fingerprint density at radius 3 is 2.77 bits per heavy atom. The largest absolute Gasteiger partial charge is 0.493 e. The van der Waals surface area contributed by atoms with E-state index in [-0.39, 0.29) is 28.5 Å². The molecule has 0 spiro atoms. The number of carbonyl (C=O) groups is 2. The molecule has 6 rings (SSSR count). The number of imidazole rings is 1. The third-order valence-corrected chi connectivity index (χ3v) is 7.44. The van der Waals surface area contributed by atoms with Gasteiger partial charge in [0.15, 0.2) is 10.6 Å². The van der Waals surface area contributed by atoms with Crippen LogP contribution in [0.4, 0.5) is 19.0 Å². The number of halogens is 4. The Labute approximate surface area is 250 Å². The number of carbonyl (C=O) groups excluding carboxylic acids is 2. The first-order chi connectivity index (χ1) is 20.7. The van der Waals surface area contributed by atoms with Crippen molar-refractivity contribution in [3.05, 3.63) is 46.8 Å². The number of alkyl halides is 3. The lowest BCUT2D eigenvalue weighted by Crippen LogP contribution is -2.60. The number of hydrogen-bond acceptors (Lipinski definition) is 10. The van der Waals surface area contributed by atoms with E-state index in [4.69, 9.17) is 4.52 Å². The highest BCUT2D eigenvalue weighted by molar-refractivity contribution is 9.10. The minimum absolute atomic E-state index is 0.109. The quantitative estimate of drug-likeness (QED) is 0.221. The summed E-state index contributed by atoms with van der Waals surface area (Å²) in [6.07, 6.45) is -1.65. The van der Waals surface area contributed by atoms with Crippen molar-refractivity contribution in [2.24, 2.45) is 5.10 Å². The maximum absolute atomic E-state index is 13.6. The van der Waals surface area contributed by atoms with Gasteiger partial charge in [0.25, 0.3) is 5.91 Å². The fourth-order valence-corrected chi connectivity index (χ4v) is 5.46. The zero-order valence-corrected chi connectivity index (χ0v) is 24.3. The summed E-state index contributed by atoms with van der Waals surface area (Å²) in [5, 5.41) is 9.71. The summed E-state index contributed by atoms with van der Waals surface area (Å²) in [6.45, 7) is 2.32. The third-order valence-electron chi connectivity index (χ3n) is 7.06. The van der Waals surface area contributed by atoms with E-state index < -0.39 is 24.3 Å². The number of para-hydroxylation sites is 1. The van der Waals surface area contributed by atoms with Crippen LogP contribution in [0.2, 0.25) is 0 Å². The maximum Gasteiger partial charge on any atom is 0.493 e. The van der Waals surface area contributed by atoms with Crippen molar-refractivity contribution >= 4 is 50.4 Å². The number of benzene rings is 1. The van der Waals surface area contributed by atoms with Gasteiger partial charge in [0.1, 0.15) is 11.5 Å². The first-order valence-electron chi connectivity index (χ1n) is 13.6. The third kappa shape index (κ3) is 5.44. The van der Waals surface area contributed by atoms with Crippen LogP contribution in [0.15, 0.2) is 44.8 Å². The van der Waals surface area contributed by atoms with E-state index in [2.05, 4.69) is 51.0 Å². The van der Waals surface area contributed by atoms with Gasteiger partial charge in [-0.2, -0.15) is 18.2 Å². The number of H-pyrrole nitrogens is 2. The molecule has 4 aromatic rings. The lowest BCUT2D eigenvalue weighted by molar-refractivity contribution is -0.249. The minimum Gasteiger partial charge on any atom is -0.360 e. The van der Waals surface area contributed by atoms with Gasteiger partial charge in [-0.1, -0.05) is 48.3 Å². The highest BCUT2D eigenvalue weighted by atomic mass is 79.9. The normalized spacial score (nSPS) is 16.6. The van der Waals surface area contributed by atoms with Gasteiger partial charge in [-0.25, -0.2) is 14.7 Å². The van der Waals surface area contributed by atoms with Gasteiger partial charge in [0, 0.05) is 42.0 Å². The van der Waals surface area contributed by atoms with Crippen molar-refractivity contribution in [3.8, 4) is 11.4 Å². The van der Waals surface area contributed by atoms with Crippen LogP contribution >= 0.6 is 15.9 Å². The molecule has 0 bridgehead atoms. The van der Waals surface area contributed by atoms with Crippen LogP contribution in [0.3, 0.4) is 0 Å². The fraction of sp³-hybridized carbons (Fsp3) is 0.385. The summed E-state index contributed by atoms with van der Waals surface area (Å²) in [6, 6.07) is 7.69. The molecule has 13 nitrogen and oxygen atoms in total. The predicted octanol–water partition coefficient (Wildman–Crippen LogP) is 5.11. The van der Waals surface area contributed by atoms with Crippen molar-refractivity contribution in [2.45, 2.75) is 57.9 Å². The summed E-state index contributed by atoms with van der Waals surface area (Å²) < 4.78 is 45.2. The fourth-order valence-electron chi connectivity index (χ4n) is 5.10. The van der Waals surface area contributed by atoms with Crippen molar-refractivity contribution < 1.29 is 32.1 Å². The highest BCUT2D eigenvalue weighted by Gasteiger charge is 2.52. The van der Waals surface area contributed by atoms with Gasteiger partial charge in [-0.05, 0) is 34.8 Å². The number of aromatic nitrogens is 5. The number of amides is 1. The van der Waals surface area contributed by atoms with Crippen LogP contribution < -0.4 is 4.90 Å². The van der Waals surface area contributed by atoms with E-state index in [0.29, 0.717) is 42.7 Å². The summed E-state index contributed by atoms with van der Waals surface area (Å²) in [7, 11) is 0. The molecule has 2 N–H and O–H groups in total. The van der Waals surface area contributed by atoms with Crippen LogP contribution in [0.5, 0.6) is 0 Å². The smallest absolute Gasteiger partial charge is 0.360 e.